The molecule has 4 heteroatoms. The summed E-state index contributed by atoms with van der Waals surface area (Å²) in [6, 6.07) is 16.0. The summed E-state index contributed by atoms with van der Waals surface area (Å²) in [4.78, 5) is 0. The van der Waals surface area contributed by atoms with Crippen LogP contribution in [-0.4, -0.2) is 24.4 Å². The highest BCUT2D eigenvalue weighted by molar-refractivity contribution is 9.10. The van der Waals surface area contributed by atoms with Gasteiger partial charge in [-0.2, -0.15) is 0 Å². The zero-order valence-corrected chi connectivity index (χ0v) is 13.2. The highest BCUT2D eigenvalue weighted by Crippen LogP contribution is 2.31. The fraction of sp³-hybridized carbons (Fsp3) is 0.294. The molecule has 2 aromatic rings. The molecule has 0 spiro atoms. The Morgan fingerprint density at radius 1 is 1.24 bits per heavy atom. The van der Waals surface area contributed by atoms with Gasteiger partial charge in [0.25, 0.3) is 0 Å². The number of aliphatic hydroxyl groups excluding tert-OH is 1. The minimum Gasteiger partial charge on any atom is -0.488 e. The maximum absolute atomic E-state index is 9.55. The van der Waals surface area contributed by atoms with Crippen LogP contribution in [-0.2, 0) is 6.42 Å². The second-order valence-corrected chi connectivity index (χ2v) is 6.17. The van der Waals surface area contributed by atoms with Crippen LogP contribution in [0.1, 0.15) is 17.2 Å². The van der Waals surface area contributed by atoms with Crippen LogP contribution >= 0.6 is 15.9 Å². The number of hydrogen-bond acceptors (Lipinski definition) is 3. The van der Waals surface area contributed by atoms with Crippen molar-refractivity contribution in [2.45, 2.75) is 18.6 Å². The molecule has 1 aliphatic rings. The van der Waals surface area contributed by atoms with Crippen molar-refractivity contribution in [1.29, 1.82) is 0 Å². The van der Waals surface area contributed by atoms with Crippen molar-refractivity contribution in [3.8, 4) is 5.75 Å². The molecular weight excluding hydrogens is 330 g/mol. The highest BCUT2D eigenvalue weighted by atomic mass is 79.9. The topological polar surface area (TPSA) is 41.5 Å². The molecule has 2 atom stereocenters. The summed E-state index contributed by atoms with van der Waals surface area (Å²) in [6.07, 6.45) is 1.02. The van der Waals surface area contributed by atoms with Gasteiger partial charge in [-0.05, 0) is 29.3 Å². The maximum Gasteiger partial charge on any atom is 0.123 e. The summed E-state index contributed by atoms with van der Waals surface area (Å²) in [5.41, 5.74) is 2.33. The number of fused-ring (bicyclic) bond motifs is 1. The van der Waals surface area contributed by atoms with Crippen LogP contribution < -0.4 is 10.1 Å². The maximum atomic E-state index is 9.55. The van der Waals surface area contributed by atoms with E-state index in [1.807, 2.05) is 42.5 Å². The van der Waals surface area contributed by atoms with E-state index in [-0.39, 0.29) is 18.8 Å². The number of rotatable bonds is 5. The van der Waals surface area contributed by atoms with Crippen molar-refractivity contribution < 1.29 is 9.84 Å². The van der Waals surface area contributed by atoms with Crippen molar-refractivity contribution in [3.05, 3.63) is 64.1 Å². The van der Waals surface area contributed by atoms with E-state index < -0.39 is 0 Å². The Morgan fingerprint density at radius 2 is 2.05 bits per heavy atom. The molecular formula is C17H18BrNO2. The molecule has 0 aliphatic carbocycles. The predicted molar refractivity (Wildman–Crippen MR) is 86.5 cm³/mol. The standard InChI is InChI=1S/C17H18BrNO2/c18-14-6-7-17-13(8-14)9-15(21-17)10-19-16(11-20)12-4-2-1-3-5-12/h1-8,15-16,19-20H,9-11H2. The Hall–Kier alpha value is -1.36. The van der Waals surface area contributed by atoms with E-state index in [4.69, 9.17) is 4.74 Å². The van der Waals surface area contributed by atoms with Crippen molar-refractivity contribution in [2.24, 2.45) is 0 Å². The first-order valence-electron chi connectivity index (χ1n) is 7.10. The fourth-order valence-corrected chi connectivity index (χ4v) is 3.06. The van der Waals surface area contributed by atoms with E-state index in [0.717, 1.165) is 22.2 Å². The Kier molecular flexibility index (Phi) is 4.58. The van der Waals surface area contributed by atoms with Gasteiger partial charge in [0.1, 0.15) is 11.9 Å². The van der Waals surface area contributed by atoms with Crippen LogP contribution in [0.4, 0.5) is 0 Å². The van der Waals surface area contributed by atoms with E-state index >= 15 is 0 Å². The Bertz CT molecular complexity index is 603. The molecule has 0 saturated heterocycles. The van der Waals surface area contributed by atoms with E-state index in [1.165, 1.54) is 5.56 Å². The first kappa shape index (κ1) is 14.6. The molecule has 0 fully saturated rings. The molecule has 2 N–H and O–H groups in total. The number of aliphatic hydroxyl groups is 1. The summed E-state index contributed by atoms with van der Waals surface area (Å²) in [6.45, 7) is 0.793. The van der Waals surface area contributed by atoms with Gasteiger partial charge in [-0.15, -0.1) is 0 Å². The minimum absolute atomic E-state index is 0.0507. The predicted octanol–water partition coefficient (Wildman–Crippen LogP) is 3.08. The lowest BCUT2D eigenvalue weighted by molar-refractivity contribution is 0.197. The van der Waals surface area contributed by atoms with Crippen molar-refractivity contribution in [1.82, 2.24) is 5.32 Å². The summed E-state index contributed by atoms with van der Waals surface area (Å²) >= 11 is 3.48. The van der Waals surface area contributed by atoms with E-state index in [1.54, 1.807) is 0 Å². The van der Waals surface area contributed by atoms with Gasteiger partial charge in [-0.3, -0.25) is 0 Å². The van der Waals surface area contributed by atoms with Crippen molar-refractivity contribution in [3.63, 3.8) is 0 Å². The number of ether oxygens (including phenoxy) is 1. The lowest BCUT2D eigenvalue weighted by Crippen LogP contribution is -2.34. The quantitative estimate of drug-likeness (QED) is 0.873. The molecule has 0 saturated carbocycles. The van der Waals surface area contributed by atoms with Crippen molar-refractivity contribution >= 4 is 15.9 Å². The SMILES string of the molecule is OCC(NCC1Cc2cc(Br)ccc2O1)c1ccccc1. The third-order valence-corrected chi connectivity index (χ3v) is 4.23. The lowest BCUT2D eigenvalue weighted by atomic mass is 10.1. The van der Waals surface area contributed by atoms with Crippen molar-refractivity contribution in [2.75, 3.05) is 13.2 Å². The molecule has 0 amide bonds. The second-order valence-electron chi connectivity index (χ2n) is 5.25. The average molecular weight is 348 g/mol. The van der Waals surface area contributed by atoms with Gasteiger partial charge in [0, 0.05) is 17.4 Å². The Labute approximate surface area is 133 Å². The average Bonchev–Trinajstić information content (AvgIpc) is 2.91. The molecule has 3 nitrogen and oxygen atoms in total. The molecule has 0 radical (unpaired) electrons. The molecule has 2 unspecified atom stereocenters. The van der Waals surface area contributed by atoms with Gasteiger partial charge in [0.15, 0.2) is 0 Å². The Morgan fingerprint density at radius 3 is 2.81 bits per heavy atom. The highest BCUT2D eigenvalue weighted by Gasteiger charge is 2.23. The molecule has 21 heavy (non-hydrogen) atoms. The third kappa shape index (κ3) is 3.46. The first-order chi connectivity index (χ1) is 10.3. The molecule has 1 heterocycles. The second kappa shape index (κ2) is 6.60. The Balaban J connectivity index is 1.59. The number of halogens is 1. The molecule has 2 aromatic carbocycles. The minimum atomic E-state index is -0.0507. The summed E-state index contributed by atoms with van der Waals surface area (Å²) in [7, 11) is 0. The summed E-state index contributed by atoms with van der Waals surface area (Å²) in [5, 5.41) is 12.9. The van der Waals surface area contributed by atoms with Crippen LogP contribution in [0.3, 0.4) is 0 Å². The van der Waals surface area contributed by atoms with E-state index in [9.17, 15) is 5.11 Å². The van der Waals surface area contributed by atoms with Gasteiger partial charge in [0.2, 0.25) is 0 Å². The van der Waals surface area contributed by atoms with Crippen LogP contribution in [0.2, 0.25) is 0 Å². The van der Waals surface area contributed by atoms with Gasteiger partial charge in [-0.25, -0.2) is 0 Å². The zero-order chi connectivity index (χ0) is 14.7. The molecule has 3 rings (SSSR count). The van der Waals surface area contributed by atoms with E-state index in [0.29, 0.717) is 6.54 Å². The van der Waals surface area contributed by atoms with Crippen LogP contribution in [0.15, 0.2) is 53.0 Å². The monoisotopic (exact) mass is 347 g/mol. The lowest BCUT2D eigenvalue weighted by Gasteiger charge is -2.19. The van der Waals surface area contributed by atoms with Crippen LogP contribution in [0.5, 0.6) is 5.75 Å². The smallest absolute Gasteiger partial charge is 0.123 e. The third-order valence-electron chi connectivity index (χ3n) is 3.74. The summed E-state index contributed by atoms with van der Waals surface area (Å²) in [5.74, 6) is 0.963. The van der Waals surface area contributed by atoms with Gasteiger partial charge < -0.3 is 15.2 Å². The van der Waals surface area contributed by atoms with Crippen LogP contribution in [0, 0.1) is 0 Å². The summed E-state index contributed by atoms with van der Waals surface area (Å²) < 4.78 is 7.01. The number of benzene rings is 2. The molecule has 0 bridgehead atoms. The van der Waals surface area contributed by atoms with Crippen LogP contribution in [0.25, 0.3) is 0 Å². The number of nitrogens with one attached hydrogen (secondary N) is 1. The zero-order valence-electron chi connectivity index (χ0n) is 11.6. The van der Waals surface area contributed by atoms with Gasteiger partial charge >= 0.3 is 0 Å². The largest absolute Gasteiger partial charge is 0.488 e. The normalized spacial score (nSPS) is 18.1. The van der Waals surface area contributed by atoms with Gasteiger partial charge in [0.05, 0.1) is 12.6 Å². The van der Waals surface area contributed by atoms with Gasteiger partial charge in [-0.1, -0.05) is 46.3 Å². The first-order valence-corrected chi connectivity index (χ1v) is 7.90. The molecule has 1 aliphatic heterocycles. The van der Waals surface area contributed by atoms with E-state index in [2.05, 4.69) is 27.3 Å². The molecule has 110 valence electrons. The number of hydrogen-bond donors (Lipinski definition) is 2. The molecule has 0 aromatic heterocycles. The fourth-order valence-electron chi connectivity index (χ4n) is 2.65.